The first kappa shape index (κ1) is 19.5. The molecule has 0 radical (unpaired) electrons. The van der Waals surface area contributed by atoms with Crippen LogP contribution in [-0.4, -0.2) is 63.1 Å². The van der Waals surface area contributed by atoms with Gasteiger partial charge in [-0.2, -0.15) is 0 Å². The average molecular weight is 412 g/mol. The molecule has 5 heterocycles. The first-order valence-corrected chi connectivity index (χ1v) is 10.9. The molecular weight excluding hydrogens is 382 g/mol. The molecule has 8 heteroatoms. The number of carbonyl (C=O) groups is 1. The van der Waals surface area contributed by atoms with Crippen LogP contribution < -0.4 is 5.56 Å². The number of hydrogen-bond acceptors (Lipinski definition) is 5. The third-order valence-electron chi connectivity index (χ3n) is 6.61. The van der Waals surface area contributed by atoms with Crippen molar-refractivity contribution < 1.29 is 9.53 Å². The molecule has 2 aromatic rings. The lowest BCUT2D eigenvalue weighted by Crippen LogP contribution is -2.51. The molecular formula is C22H29N5O3. The highest BCUT2D eigenvalue weighted by Gasteiger charge is 2.39. The number of nitrogens with one attached hydrogen (secondary N) is 1. The lowest BCUT2D eigenvalue weighted by atomic mass is 9.82. The number of nitrogens with zero attached hydrogens (tertiary/aromatic N) is 4. The van der Waals surface area contributed by atoms with Crippen molar-refractivity contribution in [2.75, 3.05) is 26.7 Å². The standard InChI is InChI=1S/C22H29N5O3/c1-25(14-20-23-6-7-24-20)12-16-4-5-18-17-9-15(11-27(18)21(16)28)10-26(13-17)22(29)19-3-2-8-30-19/h4-7,15,17,19H,2-3,8-14H2,1H3,(H,23,24)/t15-,17+,19+/m0/s1. The van der Waals surface area contributed by atoms with Gasteiger partial charge in [0.15, 0.2) is 0 Å². The van der Waals surface area contributed by atoms with E-state index < -0.39 is 0 Å². The zero-order valence-electron chi connectivity index (χ0n) is 17.4. The van der Waals surface area contributed by atoms with Crippen LogP contribution in [0.3, 0.4) is 0 Å². The van der Waals surface area contributed by atoms with Crippen molar-refractivity contribution in [1.82, 2.24) is 24.3 Å². The summed E-state index contributed by atoms with van der Waals surface area (Å²) in [6.07, 6.45) is 6.12. The largest absolute Gasteiger partial charge is 0.368 e. The van der Waals surface area contributed by atoms with Crippen molar-refractivity contribution >= 4 is 5.91 Å². The first-order valence-electron chi connectivity index (χ1n) is 10.9. The van der Waals surface area contributed by atoms with E-state index >= 15 is 0 Å². The average Bonchev–Trinajstić information content (AvgIpc) is 3.44. The van der Waals surface area contributed by atoms with Gasteiger partial charge in [-0.05, 0) is 38.3 Å². The summed E-state index contributed by atoms with van der Waals surface area (Å²) in [5, 5.41) is 0. The molecule has 3 aliphatic heterocycles. The molecule has 8 nitrogen and oxygen atoms in total. The van der Waals surface area contributed by atoms with Gasteiger partial charge < -0.3 is 19.2 Å². The van der Waals surface area contributed by atoms with Crippen LogP contribution in [0.15, 0.2) is 29.3 Å². The maximum absolute atomic E-state index is 13.2. The number of aromatic amines is 1. The second-order valence-electron chi connectivity index (χ2n) is 8.95. The molecule has 5 rings (SSSR count). The van der Waals surface area contributed by atoms with Crippen LogP contribution in [0.5, 0.6) is 0 Å². The van der Waals surface area contributed by atoms with E-state index in [2.05, 4.69) is 20.9 Å². The summed E-state index contributed by atoms with van der Waals surface area (Å²) in [4.78, 5) is 37.5. The Morgan fingerprint density at radius 2 is 2.20 bits per heavy atom. The predicted octanol–water partition coefficient (Wildman–Crippen LogP) is 1.33. The number of fused-ring (bicyclic) bond motifs is 4. The number of H-pyrrole nitrogens is 1. The summed E-state index contributed by atoms with van der Waals surface area (Å²) >= 11 is 0. The van der Waals surface area contributed by atoms with Gasteiger partial charge in [-0.15, -0.1) is 0 Å². The number of imidazole rings is 1. The van der Waals surface area contributed by atoms with Crippen molar-refractivity contribution in [3.63, 3.8) is 0 Å². The van der Waals surface area contributed by atoms with Crippen molar-refractivity contribution in [3.05, 3.63) is 52.0 Å². The van der Waals surface area contributed by atoms with Gasteiger partial charge in [-0.25, -0.2) is 4.98 Å². The Balaban J connectivity index is 1.32. The first-order chi connectivity index (χ1) is 14.6. The van der Waals surface area contributed by atoms with Gasteiger partial charge in [-0.3, -0.25) is 14.5 Å². The number of piperidine rings is 1. The molecule has 0 saturated carbocycles. The highest BCUT2D eigenvalue weighted by Crippen LogP contribution is 2.36. The number of carbonyl (C=O) groups excluding carboxylic acids is 1. The number of pyridine rings is 1. The van der Waals surface area contributed by atoms with E-state index in [-0.39, 0.29) is 23.5 Å². The molecule has 0 aliphatic carbocycles. The summed E-state index contributed by atoms with van der Waals surface area (Å²) in [6.45, 7) is 4.04. The minimum absolute atomic E-state index is 0.104. The monoisotopic (exact) mass is 411 g/mol. The number of hydrogen-bond donors (Lipinski definition) is 1. The molecule has 2 fully saturated rings. The minimum Gasteiger partial charge on any atom is -0.368 e. The van der Waals surface area contributed by atoms with Crippen molar-refractivity contribution in [3.8, 4) is 0 Å². The number of likely N-dealkylation sites (tertiary alicyclic amines) is 1. The SMILES string of the molecule is CN(Cc1ncc[nH]1)Cc1ccc2n(c1=O)C[C@H]1C[C@@H]2CN(C(=O)[C@H]2CCCO2)C1. The van der Waals surface area contributed by atoms with Gasteiger partial charge in [0.25, 0.3) is 11.5 Å². The third kappa shape index (κ3) is 3.70. The highest BCUT2D eigenvalue weighted by atomic mass is 16.5. The molecule has 1 N–H and O–H groups in total. The van der Waals surface area contributed by atoms with Gasteiger partial charge in [0.05, 0.1) is 6.54 Å². The molecule has 3 atom stereocenters. The number of amides is 1. The fourth-order valence-electron chi connectivity index (χ4n) is 5.25. The Morgan fingerprint density at radius 3 is 2.97 bits per heavy atom. The fourth-order valence-corrected chi connectivity index (χ4v) is 5.25. The van der Waals surface area contributed by atoms with Crippen LogP contribution in [0.25, 0.3) is 0 Å². The molecule has 30 heavy (non-hydrogen) atoms. The summed E-state index contributed by atoms with van der Waals surface area (Å²) < 4.78 is 7.57. The maximum Gasteiger partial charge on any atom is 0.255 e. The van der Waals surface area contributed by atoms with Crippen LogP contribution in [-0.2, 0) is 29.2 Å². The summed E-state index contributed by atoms with van der Waals surface area (Å²) in [7, 11) is 2.00. The number of ether oxygens (including phenoxy) is 1. The zero-order chi connectivity index (χ0) is 20.7. The smallest absolute Gasteiger partial charge is 0.255 e. The third-order valence-corrected chi connectivity index (χ3v) is 6.61. The Labute approximate surface area is 175 Å². The van der Waals surface area contributed by atoms with E-state index in [0.717, 1.165) is 42.9 Å². The van der Waals surface area contributed by atoms with E-state index in [1.54, 1.807) is 6.20 Å². The maximum atomic E-state index is 13.2. The Hall–Kier alpha value is -2.45. The Kier molecular flexibility index (Phi) is 5.20. The second-order valence-corrected chi connectivity index (χ2v) is 8.95. The van der Waals surface area contributed by atoms with Crippen LogP contribution in [0.4, 0.5) is 0 Å². The van der Waals surface area contributed by atoms with Crippen LogP contribution in [0, 0.1) is 5.92 Å². The van der Waals surface area contributed by atoms with Crippen molar-refractivity contribution in [1.29, 1.82) is 0 Å². The minimum atomic E-state index is -0.266. The molecule has 2 saturated heterocycles. The van der Waals surface area contributed by atoms with E-state index in [4.69, 9.17) is 4.74 Å². The lowest BCUT2D eigenvalue weighted by molar-refractivity contribution is -0.143. The summed E-state index contributed by atoms with van der Waals surface area (Å²) in [5.41, 5.74) is 1.98. The zero-order valence-corrected chi connectivity index (χ0v) is 17.4. The van der Waals surface area contributed by atoms with Gasteiger partial charge in [0.1, 0.15) is 11.9 Å². The quantitative estimate of drug-likeness (QED) is 0.803. The van der Waals surface area contributed by atoms with Crippen LogP contribution in [0.1, 0.15) is 42.3 Å². The Bertz CT molecular complexity index is 964. The normalized spacial score (nSPS) is 25.5. The molecule has 0 aromatic carbocycles. The summed E-state index contributed by atoms with van der Waals surface area (Å²) in [6, 6.07) is 4.06. The molecule has 0 unspecified atom stereocenters. The molecule has 160 valence electrons. The second kappa shape index (κ2) is 8.00. The van der Waals surface area contributed by atoms with E-state index in [0.29, 0.717) is 38.7 Å². The van der Waals surface area contributed by atoms with Gasteiger partial charge >= 0.3 is 0 Å². The van der Waals surface area contributed by atoms with E-state index in [1.807, 2.05) is 28.8 Å². The topological polar surface area (TPSA) is 83.5 Å². The number of aromatic nitrogens is 3. The van der Waals surface area contributed by atoms with Crippen molar-refractivity contribution in [2.45, 2.75) is 50.9 Å². The summed E-state index contributed by atoms with van der Waals surface area (Å²) in [5.74, 6) is 1.58. The fraction of sp³-hybridized carbons (Fsp3) is 0.591. The lowest BCUT2D eigenvalue weighted by Gasteiger charge is -2.43. The highest BCUT2D eigenvalue weighted by molar-refractivity contribution is 5.81. The van der Waals surface area contributed by atoms with Crippen LogP contribution >= 0.6 is 0 Å². The molecule has 2 aromatic heterocycles. The predicted molar refractivity (Wildman–Crippen MR) is 111 cm³/mol. The van der Waals surface area contributed by atoms with E-state index in [9.17, 15) is 9.59 Å². The van der Waals surface area contributed by atoms with Gasteiger partial charge in [0, 0.05) is 62.4 Å². The van der Waals surface area contributed by atoms with Crippen molar-refractivity contribution in [2.24, 2.45) is 5.92 Å². The van der Waals surface area contributed by atoms with E-state index in [1.165, 1.54) is 0 Å². The molecule has 0 spiro atoms. The molecule has 2 bridgehead atoms. The van der Waals surface area contributed by atoms with Crippen LogP contribution in [0.2, 0.25) is 0 Å². The number of rotatable bonds is 5. The van der Waals surface area contributed by atoms with Gasteiger partial charge in [-0.1, -0.05) is 6.07 Å². The Morgan fingerprint density at radius 1 is 1.30 bits per heavy atom. The molecule has 1 amide bonds. The van der Waals surface area contributed by atoms with Gasteiger partial charge in [0.2, 0.25) is 0 Å². The molecule has 3 aliphatic rings.